The maximum absolute atomic E-state index is 12.5. The molecular weight excluding hydrogens is 293 g/mol. The summed E-state index contributed by atoms with van der Waals surface area (Å²) in [6.45, 7) is 5.63. The minimum atomic E-state index is -4.41. The molecule has 0 unspecified atom stereocenters. The number of hydrogen-bond acceptors (Lipinski definition) is 1. The maximum Gasteiger partial charge on any atom is 0.416 e. The Morgan fingerprint density at radius 2 is 1.50 bits per heavy atom. The zero-order valence-electron chi connectivity index (χ0n) is 12.5. The zero-order chi connectivity index (χ0) is 16.5. The molecule has 0 bridgehead atoms. The molecule has 1 heterocycles. The molecule has 2 rings (SSSR count). The van der Waals surface area contributed by atoms with E-state index >= 15 is 0 Å². The minimum Gasteiger partial charge on any atom is -0.264 e. The fourth-order valence-electron chi connectivity index (χ4n) is 2.26. The molecule has 0 atom stereocenters. The largest absolute Gasteiger partial charge is 0.416 e. The molecule has 0 fully saturated rings. The lowest BCUT2D eigenvalue weighted by atomic mass is 10.1. The summed E-state index contributed by atoms with van der Waals surface area (Å²) in [5.74, 6) is -0.464. The summed E-state index contributed by atoms with van der Waals surface area (Å²) >= 11 is 0. The van der Waals surface area contributed by atoms with Crippen LogP contribution in [0.1, 0.15) is 32.9 Å². The summed E-state index contributed by atoms with van der Waals surface area (Å²) in [5.41, 5.74) is 4.79. The molecule has 116 valence electrons. The van der Waals surface area contributed by atoms with E-state index in [0.717, 1.165) is 41.2 Å². The van der Waals surface area contributed by atoms with Gasteiger partial charge in [-0.25, -0.2) is 0 Å². The van der Waals surface area contributed by atoms with Crippen molar-refractivity contribution in [3.05, 3.63) is 64.5 Å². The second kappa shape index (κ2) is 5.79. The highest BCUT2D eigenvalue weighted by Gasteiger charge is 2.30. The van der Waals surface area contributed by atoms with E-state index in [1.54, 1.807) is 4.68 Å². The second-order valence-electron chi connectivity index (χ2n) is 5.17. The highest BCUT2D eigenvalue weighted by molar-refractivity contribution is 5.98. The van der Waals surface area contributed by atoms with Gasteiger partial charge in [0.25, 0.3) is 0 Å². The number of amides is 1. The summed E-state index contributed by atoms with van der Waals surface area (Å²) in [4.78, 5) is 12.2. The van der Waals surface area contributed by atoms with Gasteiger partial charge in [-0.1, -0.05) is 4.68 Å². The number of halogens is 3. The van der Waals surface area contributed by atoms with Gasteiger partial charge in [0.2, 0.25) is 11.4 Å². The predicted octanol–water partition coefficient (Wildman–Crippen LogP) is 3.30. The molecule has 0 spiro atoms. The van der Waals surface area contributed by atoms with Crippen molar-refractivity contribution < 1.29 is 22.6 Å². The van der Waals surface area contributed by atoms with Crippen LogP contribution >= 0.6 is 0 Å². The summed E-state index contributed by atoms with van der Waals surface area (Å²) in [5, 5.41) is 0. The average Bonchev–Trinajstić information content (AvgIpc) is 2.41. The lowest BCUT2D eigenvalue weighted by Crippen LogP contribution is -2.52. The number of aryl methyl sites for hydroxylation is 3. The summed E-state index contributed by atoms with van der Waals surface area (Å²) in [7, 11) is 0. The van der Waals surface area contributed by atoms with Gasteiger partial charge < -0.3 is 0 Å². The molecule has 0 aliphatic rings. The van der Waals surface area contributed by atoms with Gasteiger partial charge in [0.05, 0.1) is 5.56 Å². The Bertz CT molecular complexity index is 683. The molecule has 0 saturated heterocycles. The normalized spacial score (nSPS) is 11.4. The molecule has 22 heavy (non-hydrogen) atoms. The Labute approximate surface area is 126 Å². The molecule has 1 aromatic carbocycles. The number of alkyl halides is 3. The first-order valence-corrected chi connectivity index (χ1v) is 6.67. The Morgan fingerprint density at radius 3 is 1.95 bits per heavy atom. The van der Waals surface area contributed by atoms with Gasteiger partial charge in [-0.3, -0.25) is 4.79 Å². The van der Waals surface area contributed by atoms with Crippen molar-refractivity contribution in [2.75, 3.05) is 5.43 Å². The Hall–Kier alpha value is -2.37. The summed E-state index contributed by atoms with van der Waals surface area (Å²) in [6.07, 6.45) is -4.41. The van der Waals surface area contributed by atoms with Gasteiger partial charge in [0, 0.05) is 31.5 Å². The van der Waals surface area contributed by atoms with Gasteiger partial charge in [-0.2, -0.15) is 13.2 Å². The number of nitrogens with zero attached hydrogens (tertiary/aromatic N) is 1. The van der Waals surface area contributed by atoms with Crippen LogP contribution in [0.25, 0.3) is 0 Å². The molecule has 0 aliphatic carbocycles. The maximum atomic E-state index is 12.5. The highest BCUT2D eigenvalue weighted by atomic mass is 19.4. The van der Waals surface area contributed by atoms with Gasteiger partial charge in [-0.15, -0.1) is 5.43 Å². The second-order valence-corrected chi connectivity index (χ2v) is 5.17. The molecule has 0 radical (unpaired) electrons. The van der Waals surface area contributed by atoms with Crippen molar-refractivity contribution in [2.24, 2.45) is 0 Å². The molecule has 1 aromatic heterocycles. The molecule has 1 amide bonds. The number of hydrogen-bond donors (Lipinski definition) is 1. The van der Waals surface area contributed by atoms with Crippen molar-refractivity contribution in [1.82, 2.24) is 0 Å². The van der Waals surface area contributed by atoms with Crippen molar-refractivity contribution in [2.45, 2.75) is 26.9 Å². The van der Waals surface area contributed by atoms with Crippen molar-refractivity contribution in [1.29, 1.82) is 0 Å². The monoisotopic (exact) mass is 309 g/mol. The van der Waals surface area contributed by atoms with E-state index < -0.39 is 17.6 Å². The SMILES string of the molecule is Cc1cc(C)[n+](NC(=O)c2ccc(C(F)(F)F)cc2)c(C)c1. The molecule has 1 N–H and O–H groups in total. The Morgan fingerprint density at radius 1 is 1.00 bits per heavy atom. The topological polar surface area (TPSA) is 33.0 Å². The van der Waals surface area contributed by atoms with Gasteiger partial charge in [0.1, 0.15) is 0 Å². The summed E-state index contributed by atoms with van der Waals surface area (Å²) < 4.78 is 39.1. The number of nitrogens with one attached hydrogen (secondary N) is 1. The predicted molar refractivity (Wildman–Crippen MR) is 76.0 cm³/mol. The summed E-state index contributed by atoms with van der Waals surface area (Å²) in [6, 6.07) is 7.93. The van der Waals surface area contributed by atoms with Gasteiger partial charge >= 0.3 is 12.1 Å². The van der Waals surface area contributed by atoms with Crippen LogP contribution in [0.3, 0.4) is 0 Å². The smallest absolute Gasteiger partial charge is 0.264 e. The standard InChI is InChI=1S/C16H15F3N2O/c1-10-8-11(2)21(12(3)9-10)20-15(22)13-4-6-14(7-5-13)16(17,18)19/h4-9H,1-3H3/p+1. The third-order valence-corrected chi connectivity index (χ3v) is 3.27. The number of benzene rings is 1. The van der Waals surface area contributed by atoms with Crippen molar-refractivity contribution in [3.63, 3.8) is 0 Å². The lowest BCUT2D eigenvalue weighted by molar-refractivity contribution is -0.654. The van der Waals surface area contributed by atoms with Crippen LogP contribution in [0.4, 0.5) is 13.2 Å². The van der Waals surface area contributed by atoms with Gasteiger partial charge in [0.15, 0.2) is 0 Å². The molecule has 2 aromatic rings. The van der Waals surface area contributed by atoms with Crippen LogP contribution in [-0.4, -0.2) is 5.91 Å². The lowest BCUT2D eigenvalue weighted by Gasteiger charge is -2.08. The van der Waals surface area contributed by atoms with E-state index in [1.165, 1.54) is 0 Å². The number of carbonyl (C=O) groups excluding carboxylic acids is 1. The van der Waals surface area contributed by atoms with Crippen LogP contribution in [0.5, 0.6) is 0 Å². The number of pyridine rings is 1. The number of aromatic nitrogens is 1. The van der Waals surface area contributed by atoms with Crippen LogP contribution in [0.2, 0.25) is 0 Å². The van der Waals surface area contributed by atoms with Crippen molar-refractivity contribution >= 4 is 5.91 Å². The molecule has 6 heteroatoms. The van der Waals surface area contributed by atoms with Crippen molar-refractivity contribution in [3.8, 4) is 0 Å². The fourth-order valence-corrected chi connectivity index (χ4v) is 2.26. The van der Waals surface area contributed by atoms with Crippen LogP contribution in [-0.2, 0) is 6.18 Å². The van der Waals surface area contributed by atoms with E-state index in [9.17, 15) is 18.0 Å². The minimum absolute atomic E-state index is 0.167. The van der Waals surface area contributed by atoms with Crippen LogP contribution in [0.15, 0.2) is 36.4 Å². The molecule has 0 aliphatic heterocycles. The first-order chi connectivity index (χ1) is 10.2. The Balaban J connectivity index is 2.23. The highest BCUT2D eigenvalue weighted by Crippen LogP contribution is 2.29. The van der Waals surface area contributed by atoms with E-state index in [1.807, 2.05) is 32.9 Å². The van der Waals surface area contributed by atoms with E-state index in [0.29, 0.717) is 0 Å². The quantitative estimate of drug-likeness (QED) is 0.848. The fraction of sp³-hybridized carbons (Fsp3) is 0.250. The third-order valence-electron chi connectivity index (χ3n) is 3.27. The van der Waals surface area contributed by atoms with Crippen LogP contribution in [0, 0.1) is 20.8 Å². The number of carbonyl (C=O) groups is 1. The third kappa shape index (κ3) is 3.44. The average molecular weight is 309 g/mol. The Kier molecular flexibility index (Phi) is 4.21. The van der Waals surface area contributed by atoms with Gasteiger partial charge in [-0.05, 0) is 36.8 Å². The van der Waals surface area contributed by atoms with E-state index in [-0.39, 0.29) is 5.56 Å². The molecule has 3 nitrogen and oxygen atoms in total. The first kappa shape index (κ1) is 16.0. The van der Waals surface area contributed by atoms with Crippen LogP contribution < -0.4 is 10.1 Å². The van der Waals surface area contributed by atoms with E-state index in [2.05, 4.69) is 5.43 Å². The zero-order valence-corrected chi connectivity index (χ0v) is 12.5. The van der Waals surface area contributed by atoms with E-state index in [4.69, 9.17) is 0 Å². The first-order valence-electron chi connectivity index (χ1n) is 6.67. The molecule has 0 saturated carbocycles. The number of rotatable bonds is 2. The molecular formula is C16H16F3N2O+.